The van der Waals surface area contributed by atoms with Crippen LogP contribution in [-0.4, -0.2) is 21.8 Å². The van der Waals surface area contributed by atoms with Crippen molar-refractivity contribution in [2.75, 3.05) is 6.54 Å². The van der Waals surface area contributed by atoms with Crippen LogP contribution < -0.4 is 11.1 Å². The van der Waals surface area contributed by atoms with E-state index in [4.69, 9.17) is 5.73 Å². The van der Waals surface area contributed by atoms with Crippen LogP contribution in [0.2, 0.25) is 0 Å². The zero-order valence-electron chi connectivity index (χ0n) is 12.4. The molecule has 1 saturated carbocycles. The fourth-order valence-corrected chi connectivity index (χ4v) is 3.26. The van der Waals surface area contributed by atoms with E-state index in [0.717, 1.165) is 36.3 Å². The summed E-state index contributed by atoms with van der Waals surface area (Å²) < 4.78 is 2.04. The summed E-state index contributed by atoms with van der Waals surface area (Å²) in [4.78, 5) is 16.8. The minimum atomic E-state index is 0.0776. The lowest BCUT2D eigenvalue weighted by Gasteiger charge is -2.16. The van der Waals surface area contributed by atoms with Crippen molar-refractivity contribution in [3.05, 3.63) is 35.8 Å². The summed E-state index contributed by atoms with van der Waals surface area (Å²) >= 11 is 0. The maximum absolute atomic E-state index is 12.3. The van der Waals surface area contributed by atoms with Crippen LogP contribution in [0.1, 0.15) is 30.7 Å². The smallest absolute Gasteiger partial charge is 0.223 e. The molecule has 21 heavy (non-hydrogen) atoms. The second kappa shape index (κ2) is 5.85. The van der Waals surface area contributed by atoms with Crippen molar-refractivity contribution < 1.29 is 4.79 Å². The van der Waals surface area contributed by atoms with E-state index in [2.05, 4.69) is 10.3 Å². The SMILES string of the molecule is Cc1cccc2nc(CNC(=O)[C@@H]3CCC[C@@H]3CN)cn12. The van der Waals surface area contributed by atoms with E-state index in [1.54, 1.807) is 0 Å². The van der Waals surface area contributed by atoms with E-state index in [-0.39, 0.29) is 11.8 Å². The summed E-state index contributed by atoms with van der Waals surface area (Å²) in [6.07, 6.45) is 5.12. The number of hydrogen-bond donors (Lipinski definition) is 2. The molecule has 2 heterocycles. The van der Waals surface area contributed by atoms with Crippen molar-refractivity contribution >= 4 is 11.6 Å². The topological polar surface area (TPSA) is 72.4 Å². The largest absolute Gasteiger partial charge is 0.350 e. The number of carbonyl (C=O) groups is 1. The van der Waals surface area contributed by atoms with Gasteiger partial charge in [-0.25, -0.2) is 4.98 Å². The Hall–Kier alpha value is -1.88. The Morgan fingerprint density at radius 2 is 2.33 bits per heavy atom. The average Bonchev–Trinajstić information content (AvgIpc) is 3.11. The van der Waals surface area contributed by atoms with Crippen molar-refractivity contribution in [1.82, 2.24) is 14.7 Å². The van der Waals surface area contributed by atoms with E-state index in [1.165, 1.54) is 0 Å². The van der Waals surface area contributed by atoms with Crippen LogP contribution in [-0.2, 0) is 11.3 Å². The highest BCUT2D eigenvalue weighted by atomic mass is 16.1. The molecule has 5 nitrogen and oxygen atoms in total. The molecule has 2 aromatic heterocycles. The molecular formula is C16H22N4O. The lowest BCUT2D eigenvalue weighted by atomic mass is 9.95. The Bertz CT molecular complexity index is 649. The minimum Gasteiger partial charge on any atom is -0.350 e. The summed E-state index contributed by atoms with van der Waals surface area (Å²) in [6.45, 7) is 3.13. The maximum Gasteiger partial charge on any atom is 0.223 e. The number of nitrogens with one attached hydrogen (secondary N) is 1. The van der Waals surface area contributed by atoms with Crippen molar-refractivity contribution in [3.8, 4) is 0 Å². The van der Waals surface area contributed by atoms with E-state index < -0.39 is 0 Å². The highest BCUT2D eigenvalue weighted by molar-refractivity contribution is 5.79. The van der Waals surface area contributed by atoms with Crippen molar-refractivity contribution in [1.29, 1.82) is 0 Å². The molecule has 1 fully saturated rings. The first-order valence-electron chi connectivity index (χ1n) is 7.60. The molecule has 0 spiro atoms. The first kappa shape index (κ1) is 14.1. The molecule has 112 valence electrons. The predicted molar refractivity (Wildman–Crippen MR) is 81.7 cm³/mol. The van der Waals surface area contributed by atoms with Gasteiger partial charge in [0.2, 0.25) is 5.91 Å². The Kier molecular flexibility index (Phi) is 3.92. The first-order chi connectivity index (χ1) is 10.2. The molecule has 2 atom stereocenters. The van der Waals surface area contributed by atoms with Gasteiger partial charge in [-0.3, -0.25) is 4.79 Å². The minimum absolute atomic E-state index is 0.0776. The Balaban J connectivity index is 1.66. The number of aromatic nitrogens is 2. The van der Waals surface area contributed by atoms with E-state index in [0.29, 0.717) is 19.0 Å². The Morgan fingerprint density at radius 3 is 3.10 bits per heavy atom. The van der Waals surface area contributed by atoms with Crippen LogP contribution >= 0.6 is 0 Å². The monoisotopic (exact) mass is 286 g/mol. The second-order valence-electron chi connectivity index (χ2n) is 5.88. The van der Waals surface area contributed by atoms with Gasteiger partial charge in [-0.1, -0.05) is 12.5 Å². The number of hydrogen-bond acceptors (Lipinski definition) is 3. The van der Waals surface area contributed by atoms with Crippen molar-refractivity contribution in [2.24, 2.45) is 17.6 Å². The number of amides is 1. The number of nitrogens with two attached hydrogens (primary N) is 1. The van der Waals surface area contributed by atoms with Crippen LogP contribution in [0.4, 0.5) is 0 Å². The number of pyridine rings is 1. The quantitative estimate of drug-likeness (QED) is 0.897. The normalized spacial score (nSPS) is 21.8. The predicted octanol–water partition coefficient (Wildman–Crippen LogP) is 1.63. The molecule has 0 radical (unpaired) electrons. The molecule has 0 unspecified atom stereocenters. The van der Waals surface area contributed by atoms with Gasteiger partial charge in [0, 0.05) is 17.8 Å². The lowest BCUT2D eigenvalue weighted by molar-refractivity contribution is -0.126. The third-order valence-electron chi connectivity index (χ3n) is 4.49. The Labute approximate surface area is 124 Å². The molecule has 1 aliphatic rings. The number of aryl methyl sites for hydroxylation is 1. The van der Waals surface area contributed by atoms with Crippen molar-refractivity contribution in [2.45, 2.75) is 32.7 Å². The first-order valence-corrected chi connectivity index (χ1v) is 7.60. The molecule has 0 bridgehead atoms. The molecule has 3 rings (SSSR count). The number of fused-ring (bicyclic) bond motifs is 1. The van der Waals surface area contributed by atoms with Gasteiger partial charge < -0.3 is 15.5 Å². The third kappa shape index (κ3) is 2.78. The van der Waals surface area contributed by atoms with Gasteiger partial charge in [0.05, 0.1) is 12.2 Å². The lowest BCUT2D eigenvalue weighted by Crippen LogP contribution is -2.34. The van der Waals surface area contributed by atoms with Gasteiger partial charge in [-0.15, -0.1) is 0 Å². The number of nitrogens with zero attached hydrogens (tertiary/aromatic N) is 2. The van der Waals surface area contributed by atoms with Gasteiger partial charge in [0.25, 0.3) is 0 Å². The summed E-state index contributed by atoms with van der Waals surface area (Å²) in [7, 11) is 0. The van der Waals surface area contributed by atoms with Crippen molar-refractivity contribution in [3.63, 3.8) is 0 Å². The standard InChI is InChI=1S/C16H22N4O/c1-11-4-2-7-15-19-13(10-20(11)15)9-18-16(21)14-6-3-5-12(14)8-17/h2,4,7,10,12,14H,3,5-6,8-9,17H2,1H3,(H,18,21)/t12-,14-/m1/s1. The zero-order chi connectivity index (χ0) is 14.8. The fourth-order valence-electron chi connectivity index (χ4n) is 3.26. The second-order valence-corrected chi connectivity index (χ2v) is 5.88. The molecule has 2 aromatic rings. The van der Waals surface area contributed by atoms with Crippen LogP contribution in [0.15, 0.2) is 24.4 Å². The van der Waals surface area contributed by atoms with Gasteiger partial charge in [0.1, 0.15) is 5.65 Å². The molecule has 3 N–H and O–H groups in total. The van der Waals surface area contributed by atoms with E-state index >= 15 is 0 Å². The highest BCUT2D eigenvalue weighted by Crippen LogP contribution is 2.30. The number of rotatable bonds is 4. The van der Waals surface area contributed by atoms with Gasteiger partial charge >= 0.3 is 0 Å². The van der Waals surface area contributed by atoms with Gasteiger partial charge in [0.15, 0.2) is 0 Å². The summed E-state index contributed by atoms with van der Waals surface area (Å²) in [5.74, 6) is 0.541. The van der Waals surface area contributed by atoms with E-state index in [1.807, 2.05) is 35.7 Å². The number of carbonyl (C=O) groups excluding carboxylic acids is 1. The maximum atomic E-state index is 12.3. The zero-order valence-corrected chi connectivity index (χ0v) is 12.4. The van der Waals surface area contributed by atoms with Crippen LogP contribution in [0.5, 0.6) is 0 Å². The molecule has 0 aromatic carbocycles. The van der Waals surface area contributed by atoms with Crippen LogP contribution in [0.25, 0.3) is 5.65 Å². The molecule has 0 aliphatic heterocycles. The molecule has 0 saturated heterocycles. The van der Waals surface area contributed by atoms with Crippen LogP contribution in [0, 0.1) is 18.8 Å². The molecule has 1 aliphatic carbocycles. The third-order valence-corrected chi connectivity index (χ3v) is 4.49. The Morgan fingerprint density at radius 1 is 1.48 bits per heavy atom. The molecular weight excluding hydrogens is 264 g/mol. The average molecular weight is 286 g/mol. The highest BCUT2D eigenvalue weighted by Gasteiger charge is 2.31. The summed E-state index contributed by atoms with van der Waals surface area (Å²) in [6, 6.07) is 6.01. The number of imidazole rings is 1. The van der Waals surface area contributed by atoms with Gasteiger partial charge in [-0.05, 0) is 44.4 Å². The fraction of sp³-hybridized carbons (Fsp3) is 0.500. The molecule has 1 amide bonds. The van der Waals surface area contributed by atoms with Gasteiger partial charge in [-0.2, -0.15) is 0 Å². The summed E-state index contributed by atoms with van der Waals surface area (Å²) in [5, 5.41) is 3.02. The van der Waals surface area contributed by atoms with Crippen LogP contribution in [0.3, 0.4) is 0 Å². The molecule has 5 heteroatoms. The van der Waals surface area contributed by atoms with E-state index in [9.17, 15) is 4.79 Å². The summed E-state index contributed by atoms with van der Waals surface area (Å²) in [5.41, 5.74) is 8.68.